The van der Waals surface area contributed by atoms with Crippen molar-refractivity contribution in [2.24, 2.45) is 0 Å². The van der Waals surface area contributed by atoms with E-state index in [1.807, 2.05) is 74.5 Å². The molecule has 4 nitrogen and oxygen atoms in total. The summed E-state index contributed by atoms with van der Waals surface area (Å²) in [6.45, 7) is 3.82. The molecule has 0 spiro atoms. The summed E-state index contributed by atoms with van der Waals surface area (Å²) in [7, 11) is 0. The Labute approximate surface area is 191 Å². The van der Waals surface area contributed by atoms with Gasteiger partial charge in [0.15, 0.2) is 5.11 Å². The number of thiocarbonyl (C=S) groups is 1. The van der Waals surface area contributed by atoms with Crippen molar-refractivity contribution in [1.29, 1.82) is 0 Å². The van der Waals surface area contributed by atoms with Crippen LogP contribution < -0.4 is 16.0 Å². The van der Waals surface area contributed by atoms with E-state index in [4.69, 9.17) is 23.8 Å². The second-order valence-corrected chi connectivity index (χ2v) is 8.94. The molecule has 1 unspecified atom stereocenters. The van der Waals surface area contributed by atoms with Crippen LogP contribution in [0.2, 0.25) is 5.02 Å². The van der Waals surface area contributed by atoms with Crippen LogP contribution in [0, 0.1) is 6.92 Å². The Morgan fingerprint density at radius 2 is 1.57 bits per heavy atom. The maximum atomic E-state index is 12.6. The van der Waals surface area contributed by atoms with Gasteiger partial charge in [-0.25, -0.2) is 0 Å². The van der Waals surface area contributed by atoms with E-state index in [1.54, 1.807) is 12.1 Å². The Hall–Kier alpha value is -2.54. The van der Waals surface area contributed by atoms with Gasteiger partial charge in [-0.15, -0.1) is 11.8 Å². The highest BCUT2D eigenvalue weighted by Crippen LogP contribution is 2.27. The number of carbonyl (C=O) groups is 1. The van der Waals surface area contributed by atoms with E-state index in [2.05, 4.69) is 16.0 Å². The van der Waals surface area contributed by atoms with Crippen molar-refractivity contribution in [3.8, 4) is 0 Å². The molecule has 1 atom stereocenters. The third-order valence-corrected chi connectivity index (χ3v) is 5.83. The highest BCUT2D eigenvalue weighted by atomic mass is 35.5. The normalized spacial score (nSPS) is 11.4. The van der Waals surface area contributed by atoms with Crippen LogP contribution in [-0.2, 0) is 4.79 Å². The Kier molecular flexibility index (Phi) is 7.74. The summed E-state index contributed by atoms with van der Waals surface area (Å²) in [4.78, 5) is 13.5. The molecule has 30 heavy (non-hydrogen) atoms. The summed E-state index contributed by atoms with van der Waals surface area (Å²) in [5, 5.41) is 10.1. The topological polar surface area (TPSA) is 53.2 Å². The first kappa shape index (κ1) is 22.2. The highest BCUT2D eigenvalue weighted by Gasteiger charge is 2.15. The summed E-state index contributed by atoms with van der Waals surface area (Å²) in [5.74, 6) is -0.0687. The number of amides is 1. The zero-order valence-electron chi connectivity index (χ0n) is 16.6. The van der Waals surface area contributed by atoms with Crippen LogP contribution in [-0.4, -0.2) is 16.3 Å². The quantitative estimate of drug-likeness (QED) is 0.289. The van der Waals surface area contributed by atoms with Gasteiger partial charge in [0.2, 0.25) is 5.91 Å². The van der Waals surface area contributed by atoms with Gasteiger partial charge in [-0.3, -0.25) is 4.79 Å². The van der Waals surface area contributed by atoms with E-state index < -0.39 is 0 Å². The minimum absolute atomic E-state index is 0.0687. The van der Waals surface area contributed by atoms with Gasteiger partial charge in [0, 0.05) is 27.0 Å². The molecule has 0 saturated heterocycles. The fraction of sp³-hybridized carbons (Fsp3) is 0.130. The maximum absolute atomic E-state index is 12.6. The first-order chi connectivity index (χ1) is 14.4. The summed E-state index contributed by atoms with van der Waals surface area (Å²) in [6.07, 6.45) is 0. The van der Waals surface area contributed by atoms with Crippen molar-refractivity contribution in [3.05, 3.63) is 83.4 Å². The van der Waals surface area contributed by atoms with Gasteiger partial charge in [0.25, 0.3) is 0 Å². The van der Waals surface area contributed by atoms with Crippen LogP contribution in [0.5, 0.6) is 0 Å². The van der Waals surface area contributed by atoms with Crippen LogP contribution >= 0.6 is 35.6 Å². The predicted molar refractivity (Wildman–Crippen MR) is 133 cm³/mol. The summed E-state index contributed by atoms with van der Waals surface area (Å²) in [6, 6.07) is 23.0. The predicted octanol–water partition coefficient (Wildman–Crippen LogP) is 6.58. The van der Waals surface area contributed by atoms with Crippen LogP contribution in [0.25, 0.3) is 0 Å². The van der Waals surface area contributed by atoms with E-state index in [1.165, 1.54) is 11.8 Å². The van der Waals surface area contributed by atoms with E-state index >= 15 is 0 Å². The van der Waals surface area contributed by atoms with Crippen LogP contribution in [0.3, 0.4) is 0 Å². The molecule has 0 aliphatic heterocycles. The molecule has 0 heterocycles. The molecule has 3 aromatic rings. The van der Waals surface area contributed by atoms with Gasteiger partial charge in [-0.2, -0.15) is 0 Å². The largest absolute Gasteiger partial charge is 0.332 e. The number of hydrogen-bond donors (Lipinski definition) is 3. The van der Waals surface area contributed by atoms with Gasteiger partial charge in [0.1, 0.15) is 0 Å². The molecule has 3 rings (SSSR count). The van der Waals surface area contributed by atoms with Gasteiger partial charge in [-0.1, -0.05) is 35.9 Å². The second-order valence-electron chi connectivity index (χ2n) is 6.68. The summed E-state index contributed by atoms with van der Waals surface area (Å²) < 4.78 is 0. The monoisotopic (exact) mass is 455 g/mol. The SMILES string of the molecule is Cc1ccc(Cl)cc1NC(=O)C(C)Sc1ccc(NC(=S)Nc2ccccc2)cc1. The molecule has 3 N–H and O–H groups in total. The number of thioether (sulfide) groups is 1. The van der Waals surface area contributed by atoms with Crippen LogP contribution in [0.4, 0.5) is 17.1 Å². The average Bonchev–Trinajstić information content (AvgIpc) is 2.72. The summed E-state index contributed by atoms with van der Waals surface area (Å²) >= 11 is 12.9. The van der Waals surface area contributed by atoms with E-state index in [9.17, 15) is 4.79 Å². The molecular weight excluding hydrogens is 434 g/mol. The van der Waals surface area contributed by atoms with E-state index in [0.29, 0.717) is 10.1 Å². The van der Waals surface area contributed by atoms with Crippen LogP contribution in [0.15, 0.2) is 77.7 Å². The third kappa shape index (κ3) is 6.49. The fourth-order valence-corrected chi connectivity index (χ4v) is 3.93. The number of benzene rings is 3. The van der Waals surface area contributed by atoms with Crippen molar-refractivity contribution in [1.82, 2.24) is 0 Å². The number of halogens is 1. The standard InChI is InChI=1S/C23H22ClN3OS2/c1-15-8-9-17(24)14-21(15)27-22(28)16(2)30-20-12-10-19(11-13-20)26-23(29)25-18-6-4-3-5-7-18/h3-14,16H,1-2H3,(H,27,28)(H2,25,26,29). The lowest BCUT2D eigenvalue weighted by Crippen LogP contribution is -2.22. The van der Waals surface area contributed by atoms with Crippen LogP contribution in [0.1, 0.15) is 12.5 Å². The lowest BCUT2D eigenvalue weighted by Gasteiger charge is -2.14. The van der Waals surface area contributed by atoms with E-state index in [-0.39, 0.29) is 11.2 Å². The number of hydrogen-bond acceptors (Lipinski definition) is 3. The van der Waals surface area contributed by atoms with E-state index in [0.717, 1.165) is 27.5 Å². The van der Waals surface area contributed by atoms with Gasteiger partial charge < -0.3 is 16.0 Å². The van der Waals surface area contributed by atoms with Crippen molar-refractivity contribution >= 4 is 63.7 Å². The Bertz CT molecular complexity index is 1030. The molecule has 0 radical (unpaired) electrons. The van der Waals surface area contributed by atoms with Crippen molar-refractivity contribution in [2.45, 2.75) is 24.0 Å². The second kappa shape index (κ2) is 10.5. The highest BCUT2D eigenvalue weighted by molar-refractivity contribution is 8.00. The number of aryl methyl sites for hydroxylation is 1. The number of nitrogens with one attached hydrogen (secondary N) is 3. The van der Waals surface area contributed by atoms with Crippen molar-refractivity contribution < 1.29 is 4.79 Å². The molecule has 7 heteroatoms. The fourth-order valence-electron chi connectivity index (χ4n) is 2.65. The minimum Gasteiger partial charge on any atom is -0.332 e. The zero-order valence-corrected chi connectivity index (χ0v) is 19.0. The number of anilines is 3. The maximum Gasteiger partial charge on any atom is 0.237 e. The molecule has 1 amide bonds. The molecule has 0 fully saturated rings. The lowest BCUT2D eigenvalue weighted by molar-refractivity contribution is -0.115. The molecule has 0 aliphatic rings. The van der Waals surface area contributed by atoms with Gasteiger partial charge in [0.05, 0.1) is 5.25 Å². The molecule has 154 valence electrons. The number of carbonyl (C=O) groups excluding carboxylic acids is 1. The van der Waals surface area contributed by atoms with Gasteiger partial charge in [-0.05, 0) is 80.2 Å². The average molecular weight is 456 g/mol. The molecular formula is C23H22ClN3OS2. The summed E-state index contributed by atoms with van der Waals surface area (Å²) in [5.41, 5.74) is 3.51. The Balaban J connectivity index is 1.53. The van der Waals surface area contributed by atoms with Crippen molar-refractivity contribution in [2.75, 3.05) is 16.0 Å². The molecule has 0 saturated carbocycles. The first-order valence-corrected chi connectivity index (χ1v) is 11.0. The molecule has 0 aliphatic carbocycles. The third-order valence-electron chi connectivity index (χ3n) is 4.28. The first-order valence-electron chi connectivity index (χ1n) is 9.37. The molecule has 0 bridgehead atoms. The Morgan fingerprint density at radius 1 is 0.933 bits per heavy atom. The number of para-hydroxylation sites is 1. The minimum atomic E-state index is -0.261. The molecule has 3 aromatic carbocycles. The zero-order chi connectivity index (χ0) is 21.5. The number of rotatable bonds is 6. The van der Waals surface area contributed by atoms with Gasteiger partial charge >= 0.3 is 0 Å². The van der Waals surface area contributed by atoms with Crippen molar-refractivity contribution in [3.63, 3.8) is 0 Å². The lowest BCUT2D eigenvalue weighted by atomic mass is 10.2. The molecule has 0 aromatic heterocycles. The Morgan fingerprint density at radius 3 is 2.23 bits per heavy atom. The smallest absolute Gasteiger partial charge is 0.237 e.